The van der Waals surface area contributed by atoms with Gasteiger partial charge in [-0.3, -0.25) is 0 Å². The maximum Gasteiger partial charge on any atom is 0.188 e. The normalized spacial score (nSPS) is 14.9. The van der Waals surface area contributed by atoms with Crippen LogP contribution in [0.2, 0.25) is 0 Å². The number of nitrogens with zero attached hydrogens (tertiary/aromatic N) is 1. The Morgan fingerprint density at radius 3 is 2.23 bits per heavy atom. The third kappa shape index (κ3) is 2.50. The standard InChI is InChI=1S/C21H24NO4/c1-23-18-6-5-13-9-17-15-11-20(25-3)19(24-2)10-14(15)7-8-22(17)12-16(13)21(18)26-4/h5-6,10-11H,7-9,12H2,1-4H3/q+1. The van der Waals surface area contributed by atoms with Gasteiger partial charge in [-0.2, -0.15) is 0 Å². The summed E-state index contributed by atoms with van der Waals surface area (Å²) in [5.74, 6) is 3.21. The molecule has 4 rings (SSSR count). The zero-order valence-corrected chi connectivity index (χ0v) is 15.7. The van der Waals surface area contributed by atoms with Crippen LogP contribution in [-0.4, -0.2) is 45.3 Å². The van der Waals surface area contributed by atoms with Gasteiger partial charge in [-0.1, -0.05) is 6.07 Å². The molecule has 5 nitrogen and oxygen atoms in total. The molecule has 2 aliphatic rings. The lowest BCUT2D eigenvalue weighted by Crippen LogP contribution is -2.35. The molecule has 0 aliphatic carbocycles. The molecule has 2 aliphatic heterocycles. The van der Waals surface area contributed by atoms with E-state index in [-0.39, 0.29) is 0 Å². The highest BCUT2D eigenvalue weighted by molar-refractivity contribution is 6.01. The number of hydrogen-bond acceptors (Lipinski definition) is 4. The van der Waals surface area contributed by atoms with Gasteiger partial charge in [0.25, 0.3) is 0 Å². The molecule has 0 amide bonds. The average molecular weight is 354 g/mol. The topological polar surface area (TPSA) is 39.9 Å². The Kier molecular flexibility index (Phi) is 4.23. The van der Waals surface area contributed by atoms with Crippen molar-refractivity contribution in [2.24, 2.45) is 0 Å². The first-order valence-corrected chi connectivity index (χ1v) is 8.79. The monoisotopic (exact) mass is 354 g/mol. The second kappa shape index (κ2) is 6.56. The molecular formula is C21H24NO4+. The van der Waals surface area contributed by atoms with Crippen LogP contribution in [0.25, 0.3) is 0 Å². The van der Waals surface area contributed by atoms with Gasteiger partial charge in [0.1, 0.15) is 6.54 Å². The van der Waals surface area contributed by atoms with Crippen LogP contribution in [0.1, 0.15) is 22.3 Å². The first-order valence-electron chi connectivity index (χ1n) is 8.79. The third-order valence-corrected chi connectivity index (χ3v) is 5.41. The highest BCUT2D eigenvalue weighted by atomic mass is 16.5. The fraction of sp³-hybridized carbons (Fsp3) is 0.381. The Labute approximate surface area is 153 Å². The third-order valence-electron chi connectivity index (χ3n) is 5.41. The molecular weight excluding hydrogens is 330 g/mol. The summed E-state index contributed by atoms with van der Waals surface area (Å²) >= 11 is 0. The number of rotatable bonds is 4. The molecule has 0 N–H and O–H groups in total. The minimum atomic E-state index is 0.777. The fourth-order valence-electron chi connectivity index (χ4n) is 4.08. The number of fused-ring (bicyclic) bond motifs is 3. The Hall–Kier alpha value is -2.69. The van der Waals surface area contributed by atoms with Crippen LogP contribution in [0, 0.1) is 0 Å². The predicted octanol–water partition coefficient (Wildman–Crippen LogP) is 2.84. The van der Waals surface area contributed by atoms with Crippen LogP contribution in [0.5, 0.6) is 23.0 Å². The highest BCUT2D eigenvalue weighted by Gasteiger charge is 2.34. The summed E-state index contributed by atoms with van der Waals surface area (Å²) < 4.78 is 24.6. The van der Waals surface area contributed by atoms with Crippen LogP contribution in [0.3, 0.4) is 0 Å². The van der Waals surface area contributed by atoms with Gasteiger partial charge in [0.15, 0.2) is 35.3 Å². The van der Waals surface area contributed by atoms with E-state index in [0.717, 1.165) is 48.9 Å². The largest absolute Gasteiger partial charge is 0.493 e. The second-order valence-electron chi connectivity index (χ2n) is 6.60. The molecule has 0 radical (unpaired) electrons. The lowest BCUT2D eigenvalue weighted by molar-refractivity contribution is -0.547. The highest BCUT2D eigenvalue weighted by Crippen LogP contribution is 2.39. The Bertz CT molecular complexity index is 901. The van der Waals surface area contributed by atoms with E-state index < -0.39 is 0 Å². The summed E-state index contributed by atoms with van der Waals surface area (Å²) in [6.07, 6.45) is 1.86. The smallest absolute Gasteiger partial charge is 0.188 e. The van der Waals surface area contributed by atoms with Gasteiger partial charge in [0.05, 0.1) is 40.4 Å². The molecule has 2 heterocycles. The number of ether oxygens (including phenoxy) is 4. The summed E-state index contributed by atoms with van der Waals surface area (Å²) in [6, 6.07) is 8.37. The first kappa shape index (κ1) is 16.8. The lowest BCUT2D eigenvalue weighted by atomic mass is 9.87. The molecule has 2 aromatic rings. The molecule has 26 heavy (non-hydrogen) atoms. The minimum Gasteiger partial charge on any atom is -0.493 e. The zero-order valence-electron chi connectivity index (χ0n) is 15.7. The van der Waals surface area contributed by atoms with Crippen molar-refractivity contribution in [1.29, 1.82) is 0 Å². The van der Waals surface area contributed by atoms with E-state index in [0.29, 0.717) is 0 Å². The van der Waals surface area contributed by atoms with Gasteiger partial charge in [0.2, 0.25) is 0 Å². The van der Waals surface area contributed by atoms with Crippen molar-refractivity contribution < 1.29 is 23.5 Å². The molecule has 0 spiro atoms. The van der Waals surface area contributed by atoms with Gasteiger partial charge in [-0.25, -0.2) is 4.58 Å². The molecule has 0 unspecified atom stereocenters. The lowest BCUT2D eigenvalue weighted by Gasteiger charge is -2.26. The molecule has 2 aromatic carbocycles. The van der Waals surface area contributed by atoms with Gasteiger partial charge in [0, 0.05) is 12.0 Å². The Morgan fingerprint density at radius 2 is 1.54 bits per heavy atom. The van der Waals surface area contributed by atoms with Crippen molar-refractivity contribution >= 4 is 5.71 Å². The van der Waals surface area contributed by atoms with E-state index in [1.807, 2.05) is 6.07 Å². The second-order valence-corrected chi connectivity index (χ2v) is 6.60. The van der Waals surface area contributed by atoms with E-state index in [1.165, 1.54) is 28.0 Å². The van der Waals surface area contributed by atoms with Gasteiger partial charge in [-0.15, -0.1) is 0 Å². The Morgan fingerprint density at radius 1 is 0.808 bits per heavy atom. The summed E-state index contributed by atoms with van der Waals surface area (Å²) in [6.45, 7) is 1.82. The van der Waals surface area contributed by atoms with Crippen molar-refractivity contribution in [1.82, 2.24) is 0 Å². The van der Waals surface area contributed by atoms with Crippen molar-refractivity contribution in [2.75, 3.05) is 35.0 Å². The maximum absolute atomic E-state index is 5.65. The fourth-order valence-corrected chi connectivity index (χ4v) is 4.08. The Balaban J connectivity index is 1.81. The van der Waals surface area contributed by atoms with Crippen LogP contribution in [-0.2, 0) is 19.4 Å². The van der Waals surface area contributed by atoms with Crippen LogP contribution in [0.4, 0.5) is 0 Å². The van der Waals surface area contributed by atoms with E-state index in [9.17, 15) is 0 Å². The average Bonchev–Trinajstić information content (AvgIpc) is 2.70. The van der Waals surface area contributed by atoms with Crippen LogP contribution < -0.4 is 18.9 Å². The van der Waals surface area contributed by atoms with Crippen molar-refractivity contribution in [2.45, 2.75) is 19.4 Å². The quantitative estimate of drug-likeness (QED) is 0.792. The molecule has 0 bridgehead atoms. The molecule has 0 saturated carbocycles. The summed E-state index contributed by atoms with van der Waals surface area (Å²) in [7, 11) is 6.76. The van der Waals surface area contributed by atoms with E-state index in [2.05, 4.69) is 22.8 Å². The molecule has 0 atom stereocenters. The zero-order chi connectivity index (χ0) is 18.3. The van der Waals surface area contributed by atoms with Crippen LogP contribution in [0.15, 0.2) is 24.3 Å². The molecule has 0 saturated heterocycles. The summed E-state index contributed by atoms with van der Waals surface area (Å²) in [4.78, 5) is 0. The molecule has 5 heteroatoms. The van der Waals surface area contributed by atoms with Crippen molar-refractivity contribution in [3.05, 3.63) is 46.5 Å². The predicted molar refractivity (Wildman–Crippen MR) is 99.4 cm³/mol. The molecule has 0 aromatic heterocycles. The van der Waals surface area contributed by atoms with Gasteiger partial charge >= 0.3 is 0 Å². The summed E-state index contributed by atoms with van der Waals surface area (Å²) in [5, 5.41) is 0. The van der Waals surface area contributed by atoms with E-state index >= 15 is 0 Å². The van der Waals surface area contributed by atoms with Gasteiger partial charge in [-0.05, 0) is 29.3 Å². The maximum atomic E-state index is 5.65. The van der Waals surface area contributed by atoms with Crippen molar-refractivity contribution in [3.63, 3.8) is 0 Å². The number of methoxy groups -OCH3 is 4. The minimum absolute atomic E-state index is 0.777. The van der Waals surface area contributed by atoms with Gasteiger partial charge < -0.3 is 18.9 Å². The molecule has 136 valence electrons. The van der Waals surface area contributed by atoms with Crippen LogP contribution >= 0.6 is 0 Å². The molecule has 0 fully saturated rings. The number of hydrogen-bond donors (Lipinski definition) is 0. The van der Waals surface area contributed by atoms with Crippen molar-refractivity contribution in [3.8, 4) is 23.0 Å². The van der Waals surface area contributed by atoms with E-state index in [1.54, 1.807) is 28.4 Å². The first-order chi connectivity index (χ1) is 12.7. The number of benzene rings is 2. The van der Waals surface area contributed by atoms with E-state index in [4.69, 9.17) is 18.9 Å². The SMILES string of the molecule is COc1cc2c(cc1OC)C1=[N+](CC2)Cc2c(ccc(OC)c2OC)C1. The summed E-state index contributed by atoms with van der Waals surface area (Å²) in [5.41, 5.74) is 6.43.